The van der Waals surface area contributed by atoms with Gasteiger partial charge in [0.05, 0.1) is 6.21 Å². The molecule has 2 N–H and O–H groups in total. The average molecular weight is 352 g/mol. The van der Waals surface area contributed by atoms with E-state index in [1.54, 1.807) is 6.21 Å². The molecule has 0 aliphatic heterocycles. The van der Waals surface area contributed by atoms with Crippen molar-refractivity contribution in [1.82, 2.24) is 9.97 Å². The molecule has 6 heteroatoms. The van der Waals surface area contributed by atoms with Gasteiger partial charge in [-0.25, -0.2) is 4.98 Å². The summed E-state index contributed by atoms with van der Waals surface area (Å²) in [6.45, 7) is 2.58. The number of anilines is 2. The van der Waals surface area contributed by atoms with Crippen molar-refractivity contribution in [2.45, 2.75) is 13.5 Å². The molecule has 0 radical (unpaired) electrons. The lowest BCUT2D eigenvalue weighted by Gasteiger charge is -2.08. The van der Waals surface area contributed by atoms with Crippen molar-refractivity contribution < 1.29 is 0 Å². The van der Waals surface area contributed by atoms with Crippen LogP contribution in [0.15, 0.2) is 65.8 Å². The van der Waals surface area contributed by atoms with Crippen molar-refractivity contribution in [3.63, 3.8) is 0 Å². The maximum atomic E-state index is 5.87. The second-order valence-electron chi connectivity index (χ2n) is 5.48. The monoisotopic (exact) mass is 351 g/mol. The lowest BCUT2D eigenvalue weighted by atomic mass is 10.2. The van der Waals surface area contributed by atoms with Crippen LogP contribution in [0.2, 0.25) is 5.02 Å². The number of aryl methyl sites for hydroxylation is 1. The molecule has 25 heavy (non-hydrogen) atoms. The van der Waals surface area contributed by atoms with Crippen LogP contribution < -0.4 is 10.7 Å². The van der Waals surface area contributed by atoms with E-state index in [4.69, 9.17) is 11.6 Å². The van der Waals surface area contributed by atoms with Gasteiger partial charge in [0.25, 0.3) is 0 Å². The Kier molecular flexibility index (Phi) is 5.59. The van der Waals surface area contributed by atoms with Gasteiger partial charge in [0.1, 0.15) is 0 Å². The summed E-state index contributed by atoms with van der Waals surface area (Å²) in [6, 6.07) is 19.4. The Bertz CT molecular complexity index is 847. The Morgan fingerprint density at radius 1 is 1.04 bits per heavy atom. The molecule has 1 heterocycles. The quantitative estimate of drug-likeness (QED) is 0.507. The molecule has 126 valence electrons. The number of benzene rings is 2. The van der Waals surface area contributed by atoms with Crippen molar-refractivity contribution in [3.05, 3.63) is 82.5 Å². The van der Waals surface area contributed by atoms with Gasteiger partial charge in [0.15, 0.2) is 5.82 Å². The smallest absolute Gasteiger partial charge is 0.225 e. The summed E-state index contributed by atoms with van der Waals surface area (Å²) >= 11 is 5.87. The van der Waals surface area contributed by atoms with E-state index < -0.39 is 0 Å². The fourth-order valence-electron chi connectivity index (χ4n) is 2.20. The normalized spacial score (nSPS) is 10.8. The first-order valence-electron chi connectivity index (χ1n) is 7.87. The number of hydrogen-bond donors (Lipinski definition) is 2. The van der Waals surface area contributed by atoms with Crippen LogP contribution >= 0.6 is 11.6 Å². The fourth-order valence-corrected chi connectivity index (χ4v) is 2.33. The minimum atomic E-state index is 0.563. The average Bonchev–Trinajstić information content (AvgIpc) is 2.62. The molecule has 0 atom stereocenters. The number of nitrogens with one attached hydrogen (secondary N) is 2. The van der Waals surface area contributed by atoms with Gasteiger partial charge in [0.2, 0.25) is 5.95 Å². The summed E-state index contributed by atoms with van der Waals surface area (Å²) in [5.41, 5.74) is 5.91. The van der Waals surface area contributed by atoms with Crippen LogP contribution in [0, 0.1) is 6.92 Å². The molecule has 1 aromatic heterocycles. The molecule has 3 aromatic rings. The predicted octanol–water partition coefficient (Wildman–Crippen LogP) is 4.50. The van der Waals surface area contributed by atoms with Gasteiger partial charge in [-0.05, 0) is 30.2 Å². The summed E-state index contributed by atoms with van der Waals surface area (Å²) in [5, 5.41) is 8.13. The van der Waals surface area contributed by atoms with Crippen LogP contribution in [0.4, 0.5) is 11.8 Å². The minimum absolute atomic E-state index is 0.563. The maximum Gasteiger partial charge on any atom is 0.225 e. The van der Waals surface area contributed by atoms with Crippen LogP contribution in [-0.4, -0.2) is 16.2 Å². The molecule has 5 nitrogen and oxygen atoms in total. The molecule has 0 saturated carbocycles. The first-order chi connectivity index (χ1) is 12.2. The molecule has 0 saturated heterocycles. The first kappa shape index (κ1) is 16.9. The van der Waals surface area contributed by atoms with Crippen LogP contribution in [0.5, 0.6) is 0 Å². The van der Waals surface area contributed by atoms with E-state index in [-0.39, 0.29) is 0 Å². The van der Waals surface area contributed by atoms with Crippen LogP contribution in [0.3, 0.4) is 0 Å². The van der Waals surface area contributed by atoms with Crippen molar-refractivity contribution in [2.75, 3.05) is 10.7 Å². The van der Waals surface area contributed by atoms with Gasteiger partial charge in [-0.2, -0.15) is 10.1 Å². The molecule has 0 fully saturated rings. The van der Waals surface area contributed by atoms with E-state index >= 15 is 0 Å². The zero-order valence-electron chi connectivity index (χ0n) is 13.8. The SMILES string of the molecule is Cc1cc(N/N=C/c2ccc(Cl)cc2)nc(NCc2ccccc2)n1. The second-order valence-corrected chi connectivity index (χ2v) is 5.92. The zero-order valence-corrected chi connectivity index (χ0v) is 14.5. The topological polar surface area (TPSA) is 62.2 Å². The predicted molar refractivity (Wildman–Crippen MR) is 103 cm³/mol. The highest BCUT2D eigenvalue weighted by Crippen LogP contribution is 2.11. The second kappa shape index (κ2) is 8.26. The Morgan fingerprint density at radius 3 is 2.56 bits per heavy atom. The zero-order chi connectivity index (χ0) is 17.5. The summed E-state index contributed by atoms with van der Waals surface area (Å²) in [6.07, 6.45) is 1.71. The van der Waals surface area contributed by atoms with Gasteiger partial charge < -0.3 is 5.32 Å². The minimum Gasteiger partial charge on any atom is -0.350 e. The molecular weight excluding hydrogens is 334 g/mol. The van der Waals surface area contributed by atoms with E-state index in [1.807, 2.05) is 55.5 Å². The van der Waals surface area contributed by atoms with Gasteiger partial charge in [-0.1, -0.05) is 54.1 Å². The largest absolute Gasteiger partial charge is 0.350 e. The summed E-state index contributed by atoms with van der Waals surface area (Å²) in [5.74, 6) is 1.20. The van der Waals surface area contributed by atoms with Gasteiger partial charge in [-0.15, -0.1) is 0 Å². The molecule has 0 aliphatic rings. The third-order valence-electron chi connectivity index (χ3n) is 3.41. The number of rotatable bonds is 6. The van der Waals surface area contributed by atoms with E-state index in [0.29, 0.717) is 23.3 Å². The summed E-state index contributed by atoms with van der Waals surface area (Å²) in [4.78, 5) is 8.82. The lowest BCUT2D eigenvalue weighted by Crippen LogP contribution is -2.06. The molecule has 0 amide bonds. The Labute approximate surface area is 151 Å². The summed E-state index contributed by atoms with van der Waals surface area (Å²) < 4.78 is 0. The van der Waals surface area contributed by atoms with Crippen LogP contribution in [-0.2, 0) is 6.54 Å². The maximum absolute atomic E-state index is 5.87. The highest BCUT2D eigenvalue weighted by Gasteiger charge is 2.01. The van der Waals surface area contributed by atoms with Crippen molar-refractivity contribution in [3.8, 4) is 0 Å². The summed E-state index contributed by atoms with van der Waals surface area (Å²) in [7, 11) is 0. The van der Waals surface area contributed by atoms with Crippen molar-refractivity contribution in [2.24, 2.45) is 5.10 Å². The molecule has 0 spiro atoms. The van der Waals surface area contributed by atoms with E-state index in [0.717, 1.165) is 11.3 Å². The standard InChI is InChI=1S/C19H18ClN5/c1-14-11-18(25-22-13-16-7-9-17(20)10-8-16)24-19(23-14)21-12-15-5-3-2-4-6-15/h2-11,13H,12H2,1H3,(H2,21,23,24,25)/b22-13+. The Balaban J connectivity index is 1.63. The number of hydrogen-bond acceptors (Lipinski definition) is 5. The Morgan fingerprint density at radius 2 is 1.80 bits per heavy atom. The molecule has 3 rings (SSSR count). The highest BCUT2D eigenvalue weighted by atomic mass is 35.5. The van der Waals surface area contributed by atoms with Gasteiger partial charge in [-0.3, -0.25) is 5.43 Å². The molecule has 0 aliphatic carbocycles. The molecule has 2 aromatic carbocycles. The van der Waals surface area contributed by atoms with Gasteiger partial charge in [0, 0.05) is 23.3 Å². The van der Waals surface area contributed by atoms with Crippen LogP contribution in [0.1, 0.15) is 16.8 Å². The van der Waals surface area contributed by atoms with Gasteiger partial charge >= 0.3 is 0 Å². The fraction of sp³-hybridized carbons (Fsp3) is 0.105. The molecular formula is C19H18ClN5. The highest BCUT2D eigenvalue weighted by molar-refractivity contribution is 6.30. The number of hydrazone groups is 1. The molecule has 0 unspecified atom stereocenters. The third kappa shape index (κ3) is 5.29. The van der Waals surface area contributed by atoms with Crippen molar-refractivity contribution >= 4 is 29.6 Å². The first-order valence-corrected chi connectivity index (χ1v) is 8.25. The number of aromatic nitrogens is 2. The number of halogens is 1. The number of nitrogens with zero attached hydrogens (tertiary/aromatic N) is 3. The van der Waals surface area contributed by atoms with Crippen LogP contribution in [0.25, 0.3) is 0 Å². The Hall–Kier alpha value is -2.92. The van der Waals surface area contributed by atoms with E-state index in [9.17, 15) is 0 Å². The third-order valence-corrected chi connectivity index (χ3v) is 3.66. The molecule has 0 bridgehead atoms. The lowest BCUT2D eigenvalue weighted by molar-refractivity contribution is 1.02. The van der Waals surface area contributed by atoms with E-state index in [2.05, 4.69) is 37.9 Å². The van der Waals surface area contributed by atoms with E-state index in [1.165, 1.54) is 5.56 Å². The van der Waals surface area contributed by atoms with Crippen molar-refractivity contribution in [1.29, 1.82) is 0 Å².